The predicted octanol–water partition coefficient (Wildman–Crippen LogP) is 3.69. The molecule has 0 amide bonds. The standard InChI is InChI=1S/C22H25FN6/c1-29-18(14-2-4-22(5-3-14)6-8-25-9-7-22)11-17-19(24)27-20(28-21(17)29)15-10-16(23)13-26-12-15/h2,10-13,25H,3-9H2,1H3,(H2,24,27,28). The number of piperidine rings is 1. The van der Waals surface area contributed by atoms with E-state index in [4.69, 9.17) is 5.73 Å². The molecule has 4 heterocycles. The van der Waals surface area contributed by atoms with E-state index in [1.165, 1.54) is 30.9 Å². The van der Waals surface area contributed by atoms with Crippen molar-refractivity contribution in [3.63, 3.8) is 0 Å². The molecule has 3 aromatic heterocycles. The van der Waals surface area contributed by atoms with Crippen molar-refractivity contribution < 1.29 is 4.39 Å². The molecule has 1 spiro atoms. The van der Waals surface area contributed by atoms with Crippen LogP contribution in [0.15, 0.2) is 30.6 Å². The van der Waals surface area contributed by atoms with Gasteiger partial charge in [-0.2, -0.15) is 0 Å². The van der Waals surface area contributed by atoms with Crippen LogP contribution in [0, 0.1) is 11.2 Å². The van der Waals surface area contributed by atoms with Gasteiger partial charge in [0.2, 0.25) is 0 Å². The fourth-order valence-electron chi connectivity index (χ4n) is 4.78. The van der Waals surface area contributed by atoms with Gasteiger partial charge in [0.15, 0.2) is 5.82 Å². The van der Waals surface area contributed by atoms with Crippen LogP contribution in [-0.2, 0) is 7.05 Å². The Labute approximate surface area is 169 Å². The number of nitrogen functional groups attached to an aromatic ring is 1. The largest absolute Gasteiger partial charge is 0.383 e. The average molecular weight is 392 g/mol. The second-order valence-electron chi connectivity index (χ2n) is 8.33. The van der Waals surface area contributed by atoms with Crippen LogP contribution in [-0.4, -0.2) is 32.6 Å². The summed E-state index contributed by atoms with van der Waals surface area (Å²) in [4.78, 5) is 13.0. The smallest absolute Gasteiger partial charge is 0.165 e. The first kappa shape index (κ1) is 18.2. The minimum absolute atomic E-state index is 0.390. The van der Waals surface area contributed by atoms with Crippen LogP contribution in [0.2, 0.25) is 0 Å². The van der Waals surface area contributed by atoms with E-state index in [0.29, 0.717) is 22.6 Å². The summed E-state index contributed by atoms with van der Waals surface area (Å²) >= 11 is 0. The third-order valence-electron chi connectivity index (χ3n) is 6.58. The number of nitrogens with one attached hydrogen (secondary N) is 1. The third-order valence-corrected chi connectivity index (χ3v) is 6.58. The molecule has 7 heteroatoms. The highest BCUT2D eigenvalue weighted by atomic mass is 19.1. The number of hydrogen-bond donors (Lipinski definition) is 2. The predicted molar refractivity (Wildman–Crippen MR) is 112 cm³/mol. The summed E-state index contributed by atoms with van der Waals surface area (Å²) < 4.78 is 15.7. The molecule has 1 fully saturated rings. The van der Waals surface area contributed by atoms with Crippen LogP contribution in [0.3, 0.4) is 0 Å². The van der Waals surface area contributed by atoms with Crippen molar-refractivity contribution >= 4 is 22.4 Å². The molecule has 3 N–H and O–H groups in total. The number of nitrogens with two attached hydrogens (primary N) is 1. The number of halogens is 1. The van der Waals surface area contributed by atoms with Gasteiger partial charge in [-0.3, -0.25) is 4.98 Å². The maximum atomic E-state index is 13.6. The Morgan fingerprint density at radius 1 is 1.14 bits per heavy atom. The van der Waals surface area contributed by atoms with E-state index in [1.807, 2.05) is 7.05 Å². The molecule has 1 aliphatic heterocycles. The SMILES string of the molecule is Cn1c(C2=CCC3(CCNCC3)CC2)cc2c(N)nc(-c3cncc(F)c3)nc21. The lowest BCUT2D eigenvalue weighted by Crippen LogP contribution is -2.37. The van der Waals surface area contributed by atoms with Crippen LogP contribution >= 0.6 is 0 Å². The van der Waals surface area contributed by atoms with Crippen LogP contribution < -0.4 is 11.1 Å². The minimum Gasteiger partial charge on any atom is -0.383 e. The molecule has 0 saturated carbocycles. The molecule has 0 aromatic carbocycles. The van der Waals surface area contributed by atoms with Gasteiger partial charge < -0.3 is 15.6 Å². The molecular weight excluding hydrogens is 367 g/mol. The first-order chi connectivity index (χ1) is 14.0. The van der Waals surface area contributed by atoms with Crippen molar-refractivity contribution in [1.29, 1.82) is 0 Å². The summed E-state index contributed by atoms with van der Waals surface area (Å²) in [5.74, 6) is 0.375. The van der Waals surface area contributed by atoms with E-state index in [9.17, 15) is 4.39 Å². The number of nitrogens with zero attached hydrogens (tertiary/aromatic N) is 4. The Bertz CT molecular complexity index is 1110. The Kier molecular flexibility index (Phi) is 4.35. The topological polar surface area (TPSA) is 81.7 Å². The molecule has 0 unspecified atom stereocenters. The zero-order valence-corrected chi connectivity index (χ0v) is 16.6. The number of aryl methyl sites for hydroxylation is 1. The summed E-state index contributed by atoms with van der Waals surface area (Å²) in [5, 5.41) is 4.30. The lowest BCUT2D eigenvalue weighted by molar-refractivity contribution is 0.184. The molecule has 1 saturated heterocycles. The second-order valence-corrected chi connectivity index (χ2v) is 8.33. The van der Waals surface area contributed by atoms with E-state index < -0.39 is 5.82 Å². The Morgan fingerprint density at radius 3 is 2.69 bits per heavy atom. The monoisotopic (exact) mass is 392 g/mol. The maximum Gasteiger partial charge on any atom is 0.165 e. The zero-order chi connectivity index (χ0) is 20.0. The van der Waals surface area contributed by atoms with E-state index >= 15 is 0 Å². The van der Waals surface area contributed by atoms with Crippen molar-refractivity contribution in [3.05, 3.63) is 42.1 Å². The number of allylic oxidation sites excluding steroid dienone is 2. The average Bonchev–Trinajstić information content (AvgIpc) is 3.07. The fraction of sp³-hybridized carbons (Fsp3) is 0.409. The summed E-state index contributed by atoms with van der Waals surface area (Å²) in [6, 6.07) is 3.46. The van der Waals surface area contributed by atoms with Gasteiger partial charge in [-0.15, -0.1) is 0 Å². The lowest BCUT2D eigenvalue weighted by Gasteiger charge is -2.40. The van der Waals surface area contributed by atoms with E-state index in [-0.39, 0.29) is 0 Å². The Morgan fingerprint density at radius 2 is 1.97 bits per heavy atom. The van der Waals surface area contributed by atoms with Crippen LogP contribution in [0.5, 0.6) is 0 Å². The number of fused-ring (bicyclic) bond motifs is 1. The number of pyridine rings is 1. The summed E-state index contributed by atoms with van der Waals surface area (Å²) in [6.07, 6.45) is 11.1. The molecule has 0 bridgehead atoms. The number of hydrogen-bond acceptors (Lipinski definition) is 5. The van der Waals surface area contributed by atoms with Gasteiger partial charge in [0.25, 0.3) is 0 Å². The van der Waals surface area contributed by atoms with Gasteiger partial charge in [0.05, 0.1) is 11.6 Å². The number of rotatable bonds is 2. The van der Waals surface area contributed by atoms with Crippen molar-refractivity contribution in [1.82, 2.24) is 24.8 Å². The lowest BCUT2D eigenvalue weighted by atomic mass is 9.69. The van der Waals surface area contributed by atoms with Gasteiger partial charge >= 0.3 is 0 Å². The molecule has 3 aromatic rings. The van der Waals surface area contributed by atoms with E-state index in [0.717, 1.165) is 48.9 Å². The fourth-order valence-corrected chi connectivity index (χ4v) is 4.78. The Hall–Kier alpha value is -2.80. The van der Waals surface area contributed by atoms with Crippen molar-refractivity contribution in [3.8, 4) is 11.4 Å². The third kappa shape index (κ3) is 3.19. The van der Waals surface area contributed by atoms with Crippen molar-refractivity contribution in [2.75, 3.05) is 18.8 Å². The molecular formula is C22H25FN6. The molecule has 6 nitrogen and oxygen atoms in total. The highest BCUT2D eigenvalue weighted by Gasteiger charge is 2.34. The first-order valence-corrected chi connectivity index (χ1v) is 10.2. The number of aromatic nitrogens is 4. The molecule has 5 rings (SSSR count). The van der Waals surface area contributed by atoms with Crippen LogP contribution in [0.1, 0.15) is 37.8 Å². The minimum atomic E-state index is -0.420. The van der Waals surface area contributed by atoms with Gasteiger partial charge in [0.1, 0.15) is 17.3 Å². The first-order valence-electron chi connectivity index (χ1n) is 10.2. The van der Waals surface area contributed by atoms with Crippen molar-refractivity contribution in [2.24, 2.45) is 12.5 Å². The van der Waals surface area contributed by atoms with Crippen LogP contribution in [0.25, 0.3) is 28.0 Å². The van der Waals surface area contributed by atoms with Gasteiger partial charge in [-0.1, -0.05) is 6.08 Å². The van der Waals surface area contributed by atoms with Gasteiger partial charge in [-0.05, 0) is 68.3 Å². The molecule has 0 atom stereocenters. The van der Waals surface area contributed by atoms with Crippen LogP contribution in [0.4, 0.5) is 10.2 Å². The highest BCUT2D eigenvalue weighted by Crippen LogP contribution is 2.45. The van der Waals surface area contributed by atoms with E-state index in [1.54, 1.807) is 6.20 Å². The molecule has 1 aliphatic carbocycles. The van der Waals surface area contributed by atoms with E-state index in [2.05, 4.69) is 37.0 Å². The molecule has 150 valence electrons. The normalized spacial score (nSPS) is 18.9. The Balaban J connectivity index is 1.53. The van der Waals surface area contributed by atoms with Gasteiger partial charge in [0, 0.05) is 24.5 Å². The second kappa shape index (κ2) is 6.91. The highest BCUT2D eigenvalue weighted by molar-refractivity contribution is 5.91. The zero-order valence-electron chi connectivity index (χ0n) is 16.6. The maximum absolute atomic E-state index is 13.6. The summed E-state index contributed by atoms with van der Waals surface area (Å²) in [5.41, 5.74) is 10.5. The van der Waals surface area contributed by atoms with Crippen molar-refractivity contribution in [2.45, 2.75) is 32.1 Å². The quantitative estimate of drug-likeness (QED) is 0.695. The molecule has 29 heavy (non-hydrogen) atoms. The van der Waals surface area contributed by atoms with Gasteiger partial charge in [-0.25, -0.2) is 14.4 Å². The summed E-state index contributed by atoms with van der Waals surface area (Å²) in [7, 11) is 2.01. The molecule has 2 aliphatic rings. The molecule has 0 radical (unpaired) electrons. The number of anilines is 1. The summed E-state index contributed by atoms with van der Waals surface area (Å²) in [6.45, 7) is 2.25.